The van der Waals surface area contributed by atoms with Crippen molar-refractivity contribution in [2.24, 2.45) is 0 Å². The van der Waals surface area contributed by atoms with Crippen molar-refractivity contribution in [2.45, 2.75) is 6.10 Å². The van der Waals surface area contributed by atoms with Gasteiger partial charge in [-0.25, -0.2) is 0 Å². The van der Waals surface area contributed by atoms with Crippen LogP contribution in [0.25, 0.3) is 0 Å². The normalized spacial score (nSPS) is 11.6. The number of carbonyl (C=O) groups is 2. The molecule has 0 saturated heterocycles. The Balaban J connectivity index is 1.88. The summed E-state index contributed by atoms with van der Waals surface area (Å²) in [6, 6.07) is 24.1. The van der Waals surface area contributed by atoms with Gasteiger partial charge in [-0.05, 0) is 23.8 Å². The van der Waals surface area contributed by atoms with E-state index in [-0.39, 0.29) is 11.1 Å². The lowest BCUT2D eigenvalue weighted by molar-refractivity contribution is 0.0743. The van der Waals surface area contributed by atoms with Crippen LogP contribution in [0.1, 0.15) is 32.4 Å². The maximum Gasteiger partial charge on any atom is 0.256 e. The van der Waals surface area contributed by atoms with Gasteiger partial charge in [0.2, 0.25) is 0 Å². The van der Waals surface area contributed by atoms with Crippen LogP contribution < -0.4 is 5.32 Å². The van der Waals surface area contributed by atoms with E-state index in [1.807, 2.05) is 24.3 Å². The van der Waals surface area contributed by atoms with E-state index in [1.165, 1.54) is 0 Å². The van der Waals surface area contributed by atoms with E-state index in [0.29, 0.717) is 11.3 Å². The summed E-state index contributed by atoms with van der Waals surface area (Å²) in [6.07, 6.45) is -1.31. The second kappa shape index (κ2) is 7.55. The van der Waals surface area contributed by atoms with Gasteiger partial charge in [-0.2, -0.15) is 0 Å². The van der Waals surface area contributed by atoms with Gasteiger partial charge >= 0.3 is 0 Å². The monoisotopic (exact) mass is 331 g/mol. The number of ketones is 1. The van der Waals surface area contributed by atoms with Crippen LogP contribution in [0.2, 0.25) is 0 Å². The number of aliphatic hydroxyl groups is 1. The molecular formula is C21H17NO3. The predicted molar refractivity (Wildman–Crippen MR) is 96.6 cm³/mol. The lowest BCUT2D eigenvalue weighted by atomic mass is 9.96. The molecule has 124 valence electrons. The van der Waals surface area contributed by atoms with Crippen molar-refractivity contribution in [2.75, 3.05) is 5.32 Å². The molecule has 3 aromatic rings. The van der Waals surface area contributed by atoms with E-state index in [9.17, 15) is 14.7 Å². The van der Waals surface area contributed by atoms with Crippen LogP contribution in [0.3, 0.4) is 0 Å². The number of hydrogen-bond acceptors (Lipinski definition) is 3. The smallest absolute Gasteiger partial charge is 0.256 e. The molecule has 0 bridgehead atoms. The van der Waals surface area contributed by atoms with E-state index in [0.717, 1.165) is 0 Å². The van der Waals surface area contributed by atoms with Gasteiger partial charge in [0.15, 0.2) is 5.78 Å². The minimum absolute atomic E-state index is 0.187. The molecule has 2 N–H and O–H groups in total. The third kappa shape index (κ3) is 3.82. The van der Waals surface area contributed by atoms with Crippen molar-refractivity contribution in [1.82, 2.24) is 0 Å². The molecule has 1 atom stereocenters. The number of para-hydroxylation sites is 1. The highest BCUT2D eigenvalue weighted by molar-refractivity contribution is 6.13. The highest BCUT2D eigenvalue weighted by atomic mass is 16.3. The maximum atomic E-state index is 12.7. The molecule has 3 rings (SSSR count). The molecule has 0 heterocycles. The summed E-state index contributed by atoms with van der Waals surface area (Å²) in [5, 5.41) is 13.1. The van der Waals surface area contributed by atoms with E-state index >= 15 is 0 Å². The number of benzene rings is 3. The fourth-order valence-electron chi connectivity index (χ4n) is 2.55. The predicted octanol–water partition coefficient (Wildman–Crippen LogP) is 3.86. The van der Waals surface area contributed by atoms with Gasteiger partial charge in [0.05, 0.1) is 5.56 Å². The van der Waals surface area contributed by atoms with Crippen molar-refractivity contribution in [3.63, 3.8) is 0 Å². The summed E-state index contributed by atoms with van der Waals surface area (Å²) in [5.41, 5.74) is 1.54. The Morgan fingerprint density at radius 3 is 1.88 bits per heavy atom. The number of Topliss-reactive ketones (excluding diaryl/α,β-unsaturated/α-hetero) is 1. The second-order valence-electron chi connectivity index (χ2n) is 5.54. The Morgan fingerprint density at radius 2 is 1.24 bits per heavy atom. The second-order valence-corrected chi connectivity index (χ2v) is 5.54. The standard InChI is InChI=1S/C21H17NO3/c23-19(15-9-3-1-4-10-15)20(24)17-13-7-8-14-18(17)21(25)22-16-11-5-2-6-12-16/h1-14,19,23H,(H,22,25). The SMILES string of the molecule is O=C(Nc1ccccc1)c1ccccc1C(=O)C(O)c1ccccc1. The van der Waals surface area contributed by atoms with Crippen LogP contribution in [0.15, 0.2) is 84.9 Å². The summed E-state index contributed by atoms with van der Waals surface area (Å²) in [5.74, 6) is -0.902. The third-order valence-corrected chi connectivity index (χ3v) is 3.83. The van der Waals surface area contributed by atoms with Crippen LogP contribution in [-0.4, -0.2) is 16.8 Å². The molecule has 0 aliphatic rings. The molecule has 1 unspecified atom stereocenters. The quantitative estimate of drug-likeness (QED) is 0.698. The first kappa shape index (κ1) is 16.6. The first-order chi connectivity index (χ1) is 12.2. The van der Waals surface area contributed by atoms with Crippen LogP contribution in [0.4, 0.5) is 5.69 Å². The molecule has 0 saturated carbocycles. The molecule has 0 spiro atoms. The Bertz CT molecular complexity index is 876. The van der Waals surface area contributed by atoms with E-state index in [1.54, 1.807) is 60.7 Å². The van der Waals surface area contributed by atoms with Crippen LogP contribution in [-0.2, 0) is 0 Å². The molecule has 0 fully saturated rings. The van der Waals surface area contributed by atoms with Crippen molar-refractivity contribution >= 4 is 17.4 Å². The van der Waals surface area contributed by atoms with E-state index in [2.05, 4.69) is 5.32 Å². The number of carbonyl (C=O) groups excluding carboxylic acids is 2. The maximum absolute atomic E-state index is 12.7. The Morgan fingerprint density at radius 1 is 0.720 bits per heavy atom. The van der Waals surface area contributed by atoms with E-state index in [4.69, 9.17) is 0 Å². The molecule has 0 aliphatic carbocycles. The minimum atomic E-state index is -1.31. The summed E-state index contributed by atoms with van der Waals surface area (Å²) in [7, 11) is 0. The minimum Gasteiger partial charge on any atom is -0.380 e. The van der Waals surface area contributed by atoms with Gasteiger partial charge < -0.3 is 10.4 Å². The van der Waals surface area contributed by atoms with Crippen molar-refractivity contribution in [3.8, 4) is 0 Å². The molecule has 1 amide bonds. The van der Waals surface area contributed by atoms with Gasteiger partial charge in [-0.3, -0.25) is 9.59 Å². The van der Waals surface area contributed by atoms with E-state index < -0.39 is 17.8 Å². The van der Waals surface area contributed by atoms with Gasteiger partial charge in [0.25, 0.3) is 5.91 Å². The molecule has 0 aliphatic heterocycles. The Kier molecular flexibility index (Phi) is 5.02. The molecule has 0 radical (unpaired) electrons. The largest absolute Gasteiger partial charge is 0.380 e. The zero-order valence-electron chi connectivity index (χ0n) is 13.4. The lowest BCUT2D eigenvalue weighted by Crippen LogP contribution is -2.20. The number of rotatable bonds is 5. The lowest BCUT2D eigenvalue weighted by Gasteiger charge is -2.13. The Labute approximate surface area is 145 Å². The summed E-state index contributed by atoms with van der Waals surface area (Å²) in [6.45, 7) is 0. The van der Waals surface area contributed by atoms with Crippen LogP contribution in [0, 0.1) is 0 Å². The number of amides is 1. The zero-order valence-corrected chi connectivity index (χ0v) is 13.4. The molecular weight excluding hydrogens is 314 g/mol. The number of hydrogen-bond donors (Lipinski definition) is 2. The number of aliphatic hydroxyl groups excluding tert-OH is 1. The van der Waals surface area contributed by atoms with Gasteiger partial charge in [0.1, 0.15) is 6.10 Å². The molecule has 4 nitrogen and oxygen atoms in total. The van der Waals surface area contributed by atoms with Gasteiger partial charge in [-0.15, -0.1) is 0 Å². The fourth-order valence-corrected chi connectivity index (χ4v) is 2.55. The van der Waals surface area contributed by atoms with Crippen LogP contribution in [0.5, 0.6) is 0 Å². The van der Waals surface area contributed by atoms with Gasteiger partial charge in [-0.1, -0.05) is 66.7 Å². The molecule has 25 heavy (non-hydrogen) atoms. The molecule has 0 aromatic heterocycles. The number of anilines is 1. The Hall–Kier alpha value is -3.24. The van der Waals surface area contributed by atoms with Crippen molar-refractivity contribution in [1.29, 1.82) is 0 Å². The van der Waals surface area contributed by atoms with Crippen molar-refractivity contribution < 1.29 is 14.7 Å². The first-order valence-corrected chi connectivity index (χ1v) is 7.89. The van der Waals surface area contributed by atoms with Gasteiger partial charge in [0, 0.05) is 11.3 Å². The third-order valence-electron chi connectivity index (χ3n) is 3.83. The average molecular weight is 331 g/mol. The number of nitrogens with one attached hydrogen (secondary N) is 1. The average Bonchev–Trinajstić information content (AvgIpc) is 2.68. The fraction of sp³-hybridized carbons (Fsp3) is 0.0476. The first-order valence-electron chi connectivity index (χ1n) is 7.89. The summed E-state index contributed by atoms with van der Waals surface area (Å²) < 4.78 is 0. The summed E-state index contributed by atoms with van der Waals surface area (Å²) in [4.78, 5) is 25.2. The van der Waals surface area contributed by atoms with Crippen LogP contribution >= 0.6 is 0 Å². The molecule has 4 heteroatoms. The van der Waals surface area contributed by atoms with Crippen molar-refractivity contribution in [3.05, 3.63) is 102 Å². The topological polar surface area (TPSA) is 66.4 Å². The highest BCUT2D eigenvalue weighted by Gasteiger charge is 2.23. The zero-order chi connectivity index (χ0) is 17.6. The highest BCUT2D eigenvalue weighted by Crippen LogP contribution is 2.21. The molecule has 3 aromatic carbocycles. The summed E-state index contributed by atoms with van der Waals surface area (Å²) >= 11 is 0.